The minimum atomic E-state index is -0.294. The Morgan fingerprint density at radius 1 is 1.26 bits per heavy atom. The highest BCUT2D eigenvalue weighted by atomic mass is 35.5. The lowest BCUT2D eigenvalue weighted by Crippen LogP contribution is -2.13. The number of hydrogen-bond acceptors (Lipinski definition) is 4. The van der Waals surface area contributed by atoms with Crippen molar-refractivity contribution in [1.82, 2.24) is 0 Å². The van der Waals surface area contributed by atoms with Crippen LogP contribution in [0.25, 0.3) is 0 Å². The first-order chi connectivity index (χ1) is 9.10. The number of esters is 1. The first kappa shape index (κ1) is 15.6. The van der Waals surface area contributed by atoms with Crippen LogP contribution in [0.3, 0.4) is 0 Å². The van der Waals surface area contributed by atoms with Gasteiger partial charge in [0.1, 0.15) is 0 Å². The summed E-state index contributed by atoms with van der Waals surface area (Å²) in [5.41, 5.74) is 0.988. The van der Waals surface area contributed by atoms with Gasteiger partial charge in [-0.3, -0.25) is 4.79 Å². The number of carbonyl (C=O) groups is 1. The monoisotopic (exact) mass is 286 g/mol. The van der Waals surface area contributed by atoms with Crippen molar-refractivity contribution in [2.45, 2.75) is 25.1 Å². The zero-order valence-corrected chi connectivity index (χ0v) is 12.2. The van der Waals surface area contributed by atoms with Crippen LogP contribution < -0.4 is 9.47 Å². The van der Waals surface area contributed by atoms with Crippen LogP contribution in [0.4, 0.5) is 0 Å². The van der Waals surface area contributed by atoms with E-state index in [9.17, 15) is 4.79 Å². The van der Waals surface area contributed by atoms with Crippen molar-refractivity contribution in [3.8, 4) is 11.5 Å². The largest absolute Gasteiger partial charge is 0.493 e. The topological polar surface area (TPSA) is 44.8 Å². The van der Waals surface area contributed by atoms with Crippen molar-refractivity contribution < 1.29 is 19.0 Å². The van der Waals surface area contributed by atoms with Crippen molar-refractivity contribution in [3.05, 3.63) is 23.8 Å². The second-order valence-corrected chi connectivity index (χ2v) is 4.62. The van der Waals surface area contributed by atoms with Crippen molar-refractivity contribution in [3.63, 3.8) is 0 Å². The summed E-state index contributed by atoms with van der Waals surface area (Å²) in [6.07, 6.45) is 0.768. The average molecular weight is 287 g/mol. The third kappa shape index (κ3) is 4.99. The van der Waals surface area contributed by atoms with Crippen LogP contribution in [0.2, 0.25) is 0 Å². The molecule has 0 aliphatic heterocycles. The van der Waals surface area contributed by atoms with E-state index in [1.165, 1.54) is 0 Å². The lowest BCUT2D eigenvalue weighted by Gasteiger charge is -2.12. The lowest BCUT2D eigenvalue weighted by atomic mass is 10.1. The highest BCUT2D eigenvalue weighted by molar-refractivity contribution is 6.21. The second kappa shape index (κ2) is 7.89. The SMILES string of the molecule is CCOC(=O)CC(Cl)Cc1ccc(OC)c(OC)c1. The number of halogens is 1. The molecule has 0 radical (unpaired) electrons. The molecule has 0 aliphatic rings. The van der Waals surface area contributed by atoms with E-state index < -0.39 is 0 Å². The molecule has 4 nitrogen and oxygen atoms in total. The van der Waals surface area contributed by atoms with E-state index in [1.807, 2.05) is 18.2 Å². The maximum absolute atomic E-state index is 11.3. The number of hydrogen-bond donors (Lipinski definition) is 0. The summed E-state index contributed by atoms with van der Waals surface area (Å²) in [4.78, 5) is 11.3. The molecule has 0 aromatic heterocycles. The van der Waals surface area contributed by atoms with Gasteiger partial charge in [-0.05, 0) is 31.0 Å². The predicted octanol–water partition coefficient (Wildman–Crippen LogP) is 2.81. The van der Waals surface area contributed by atoms with Crippen molar-refractivity contribution in [2.75, 3.05) is 20.8 Å². The normalized spacial score (nSPS) is 11.8. The minimum absolute atomic E-state index is 0.198. The fourth-order valence-electron chi connectivity index (χ4n) is 1.74. The molecule has 1 atom stereocenters. The van der Waals surface area contributed by atoms with E-state index >= 15 is 0 Å². The van der Waals surface area contributed by atoms with E-state index in [1.54, 1.807) is 21.1 Å². The molecule has 1 unspecified atom stereocenters. The van der Waals surface area contributed by atoms with Crippen LogP contribution in [-0.4, -0.2) is 32.2 Å². The Hall–Kier alpha value is -1.42. The van der Waals surface area contributed by atoms with Gasteiger partial charge in [0.2, 0.25) is 0 Å². The zero-order chi connectivity index (χ0) is 14.3. The number of carbonyl (C=O) groups excluding carboxylic acids is 1. The van der Waals surface area contributed by atoms with Crippen molar-refractivity contribution in [2.24, 2.45) is 0 Å². The summed E-state index contributed by atoms with van der Waals surface area (Å²) in [5.74, 6) is 1.05. The molecule has 0 fully saturated rings. The standard InChI is InChI=1S/C14H19ClO4/c1-4-19-14(16)9-11(15)7-10-5-6-12(17-2)13(8-10)18-3/h5-6,8,11H,4,7,9H2,1-3H3. The smallest absolute Gasteiger partial charge is 0.307 e. The quantitative estimate of drug-likeness (QED) is 0.571. The van der Waals surface area contributed by atoms with Gasteiger partial charge in [-0.2, -0.15) is 0 Å². The number of methoxy groups -OCH3 is 2. The Bertz CT molecular complexity index is 420. The molecule has 1 rings (SSSR count). The maximum Gasteiger partial charge on any atom is 0.307 e. The van der Waals surface area contributed by atoms with Gasteiger partial charge in [0.05, 0.1) is 27.2 Å². The van der Waals surface area contributed by atoms with Gasteiger partial charge in [0.25, 0.3) is 0 Å². The highest BCUT2D eigenvalue weighted by Gasteiger charge is 2.14. The van der Waals surface area contributed by atoms with Gasteiger partial charge in [-0.15, -0.1) is 11.6 Å². The van der Waals surface area contributed by atoms with Gasteiger partial charge in [-0.1, -0.05) is 6.07 Å². The minimum Gasteiger partial charge on any atom is -0.493 e. The molecule has 0 spiro atoms. The molecular formula is C14H19ClO4. The molecule has 1 aromatic carbocycles. The van der Waals surface area contributed by atoms with E-state index in [2.05, 4.69) is 0 Å². The van der Waals surface area contributed by atoms with Crippen molar-refractivity contribution in [1.29, 1.82) is 0 Å². The Labute approximate surface area is 118 Å². The van der Waals surface area contributed by atoms with Gasteiger partial charge >= 0.3 is 5.97 Å². The number of rotatable bonds is 7. The lowest BCUT2D eigenvalue weighted by molar-refractivity contribution is -0.143. The van der Waals surface area contributed by atoms with Gasteiger partial charge in [0, 0.05) is 5.38 Å². The fraction of sp³-hybridized carbons (Fsp3) is 0.500. The summed E-state index contributed by atoms with van der Waals surface area (Å²) < 4.78 is 15.2. The van der Waals surface area contributed by atoms with Crippen LogP contribution in [-0.2, 0) is 16.0 Å². The Morgan fingerprint density at radius 2 is 1.95 bits per heavy atom. The molecule has 19 heavy (non-hydrogen) atoms. The third-order valence-corrected chi connectivity index (χ3v) is 2.91. The van der Waals surface area contributed by atoms with E-state index in [0.29, 0.717) is 24.5 Å². The number of alkyl halides is 1. The molecule has 5 heteroatoms. The van der Waals surface area contributed by atoms with Gasteiger partial charge in [-0.25, -0.2) is 0 Å². The Morgan fingerprint density at radius 3 is 2.53 bits per heavy atom. The molecule has 0 heterocycles. The van der Waals surface area contributed by atoms with Crippen LogP contribution in [0.15, 0.2) is 18.2 Å². The van der Waals surface area contributed by atoms with Crippen LogP contribution in [0, 0.1) is 0 Å². The molecular weight excluding hydrogens is 268 g/mol. The maximum atomic E-state index is 11.3. The van der Waals surface area contributed by atoms with Gasteiger partial charge in [0.15, 0.2) is 11.5 Å². The zero-order valence-electron chi connectivity index (χ0n) is 11.4. The van der Waals surface area contributed by atoms with Crippen LogP contribution in [0.5, 0.6) is 11.5 Å². The molecule has 0 bridgehead atoms. The van der Waals surface area contributed by atoms with E-state index in [-0.39, 0.29) is 17.8 Å². The molecule has 106 valence electrons. The molecule has 0 aliphatic carbocycles. The third-order valence-electron chi connectivity index (χ3n) is 2.60. The van der Waals surface area contributed by atoms with Crippen molar-refractivity contribution >= 4 is 17.6 Å². The first-order valence-electron chi connectivity index (χ1n) is 6.11. The van der Waals surface area contributed by atoms with Crippen LogP contribution >= 0.6 is 11.6 Å². The number of benzene rings is 1. The molecule has 0 N–H and O–H groups in total. The number of ether oxygens (including phenoxy) is 3. The summed E-state index contributed by atoms with van der Waals surface area (Å²) in [6, 6.07) is 5.59. The first-order valence-corrected chi connectivity index (χ1v) is 6.55. The molecule has 0 amide bonds. The predicted molar refractivity (Wildman–Crippen MR) is 74.1 cm³/mol. The van der Waals surface area contributed by atoms with Gasteiger partial charge < -0.3 is 14.2 Å². The summed E-state index contributed by atoms with van der Waals surface area (Å²) >= 11 is 6.14. The molecule has 0 saturated carbocycles. The molecule has 0 saturated heterocycles. The fourth-order valence-corrected chi connectivity index (χ4v) is 2.04. The van der Waals surface area contributed by atoms with E-state index in [0.717, 1.165) is 5.56 Å². The Balaban J connectivity index is 2.64. The average Bonchev–Trinajstić information content (AvgIpc) is 2.38. The summed E-state index contributed by atoms with van der Waals surface area (Å²) in [7, 11) is 3.17. The summed E-state index contributed by atoms with van der Waals surface area (Å²) in [5, 5.41) is -0.294. The highest BCUT2D eigenvalue weighted by Crippen LogP contribution is 2.28. The van der Waals surface area contributed by atoms with Crippen LogP contribution in [0.1, 0.15) is 18.9 Å². The molecule has 1 aromatic rings. The summed E-state index contributed by atoms with van der Waals surface area (Å²) in [6.45, 7) is 2.15. The Kier molecular flexibility index (Phi) is 6.50. The second-order valence-electron chi connectivity index (χ2n) is 4.00. The van der Waals surface area contributed by atoms with E-state index in [4.69, 9.17) is 25.8 Å².